The minimum absolute atomic E-state index is 0.163. The lowest BCUT2D eigenvalue weighted by molar-refractivity contribution is 0.0954. The Morgan fingerprint density at radius 2 is 1.81 bits per heavy atom. The van der Waals surface area contributed by atoms with Crippen LogP contribution in [0.1, 0.15) is 25.6 Å². The predicted octanol–water partition coefficient (Wildman–Crippen LogP) is 3.90. The molecule has 3 aromatic rings. The summed E-state index contributed by atoms with van der Waals surface area (Å²) in [6, 6.07) is 15.9. The van der Waals surface area contributed by atoms with Crippen molar-refractivity contribution in [3.8, 4) is 0 Å². The molecule has 3 rings (SSSR count). The maximum absolute atomic E-state index is 13.1. The molecule has 0 aliphatic heterocycles. The first-order valence-corrected chi connectivity index (χ1v) is 8.54. The third-order valence-corrected chi connectivity index (χ3v) is 4.25. The number of anilines is 1. The van der Waals surface area contributed by atoms with Gasteiger partial charge in [-0.15, -0.1) is 11.3 Å². The fraction of sp³-hybridized carbons (Fsp3) is 0. The van der Waals surface area contributed by atoms with Gasteiger partial charge in [-0.3, -0.25) is 9.59 Å². The molecule has 2 aromatic carbocycles. The summed E-state index contributed by atoms with van der Waals surface area (Å²) in [5.74, 6) is -1.15. The second-order valence-corrected chi connectivity index (χ2v) is 6.21. The van der Waals surface area contributed by atoms with E-state index in [0.717, 1.165) is 11.6 Å². The summed E-state index contributed by atoms with van der Waals surface area (Å²) in [5.41, 5.74) is 3.92. The fourth-order valence-corrected chi connectivity index (χ4v) is 2.73. The van der Waals surface area contributed by atoms with Crippen molar-refractivity contribution in [1.29, 1.82) is 0 Å². The largest absolute Gasteiger partial charge is 0.321 e. The second kappa shape index (κ2) is 8.17. The summed E-state index contributed by atoms with van der Waals surface area (Å²) in [4.78, 5) is 24.4. The molecule has 2 N–H and O–H groups in total. The van der Waals surface area contributed by atoms with Gasteiger partial charge in [-0.25, -0.2) is 9.82 Å². The number of carbonyl (C=O) groups excluding carboxylic acids is 2. The molecule has 0 atom stereocenters. The normalized spacial score (nSPS) is 10.7. The number of nitrogens with zero attached hydrogens (tertiary/aromatic N) is 1. The standard InChI is InChI=1S/C19H14FN3O2S/c20-15-4-1-3-14(11-15)18(24)23-21-12-13-6-8-16(9-7-13)22-19(25)17-5-2-10-26-17/h1-12H,(H,22,25)(H,23,24)/b21-12+. The van der Waals surface area contributed by atoms with Crippen molar-refractivity contribution >= 4 is 35.1 Å². The van der Waals surface area contributed by atoms with Crippen LogP contribution in [0.2, 0.25) is 0 Å². The molecule has 0 unspecified atom stereocenters. The highest BCUT2D eigenvalue weighted by Crippen LogP contribution is 2.13. The Bertz CT molecular complexity index is 938. The zero-order valence-electron chi connectivity index (χ0n) is 13.5. The molecule has 5 nitrogen and oxygen atoms in total. The number of benzene rings is 2. The van der Waals surface area contributed by atoms with E-state index in [1.807, 2.05) is 11.4 Å². The molecule has 0 aliphatic carbocycles. The first kappa shape index (κ1) is 17.5. The maximum atomic E-state index is 13.1. The molecule has 0 aliphatic rings. The van der Waals surface area contributed by atoms with Crippen LogP contribution < -0.4 is 10.7 Å². The average Bonchev–Trinajstić information content (AvgIpc) is 3.18. The van der Waals surface area contributed by atoms with E-state index in [9.17, 15) is 14.0 Å². The SMILES string of the molecule is O=C(N/N=C/c1ccc(NC(=O)c2cccs2)cc1)c1cccc(F)c1. The molecule has 2 amide bonds. The summed E-state index contributed by atoms with van der Waals surface area (Å²) >= 11 is 1.37. The zero-order chi connectivity index (χ0) is 18.4. The Morgan fingerprint density at radius 3 is 2.50 bits per heavy atom. The monoisotopic (exact) mass is 367 g/mol. The third-order valence-electron chi connectivity index (χ3n) is 3.38. The highest BCUT2D eigenvalue weighted by atomic mass is 32.1. The molecule has 1 heterocycles. The number of thiophene rings is 1. The van der Waals surface area contributed by atoms with Crippen molar-refractivity contribution in [2.45, 2.75) is 0 Å². The van der Waals surface area contributed by atoms with Crippen molar-refractivity contribution in [1.82, 2.24) is 5.43 Å². The molecular weight excluding hydrogens is 353 g/mol. The van der Waals surface area contributed by atoms with Gasteiger partial charge in [0.25, 0.3) is 11.8 Å². The Labute approximate surface area is 153 Å². The first-order chi connectivity index (χ1) is 12.6. The van der Waals surface area contributed by atoms with Crippen LogP contribution in [-0.2, 0) is 0 Å². The van der Waals surface area contributed by atoms with E-state index in [4.69, 9.17) is 0 Å². The maximum Gasteiger partial charge on any atom is 0.271 e. The highest BCUT2D eigenvalue weighted by Gasteiger charge is 2.06. The third kappa shape index (κ3) is 4.61. The number of halogens is 1. The van der Waals surface area contributed by atoms with E-state index in [-0.39, 0.29) is 11.5 Å². The molecule has 0 fully saturated rings. The molecule has 26 heavy (non-hydrogen) atoms. The number of rotatable bonds is 5. The van der Waals surface area contributed by atoms with Crippen LogP contribution in [0.4, 0.5) is 10.1 Å². The minimum atomic E-state index is -0.499. The molecule has 7 heteroatoms. The van der Waals surface area contributed by atoms with Crippen LogP contribution >= 0.6 is 11.3 Å². The van der Waals surface area contributed by atoms with Crippen molar-refractivity contribution in [3.63, 3.8) is 0 Å². The quantitative estimate of drug-likeness (QED) is 0.530. The number of hydrogen-bond donors (Lipinski definition) is 2. The topological polar surface area (TPSA) is 70.6 Å². The molecular formula is C19H14FN3O2S. The Morgan fingerprint density at radius 1 is 1.00 bits per heavy atom. The van der Waals surface area contributed by atoms with Gasteiger partial charge < -0.3 is 5.32 Å². The van der Waals surface area contributed by atoms with Crippen LogP contribution in [0, 0.1) is 5.82 Å². The number of carbonyl (C=O) groups is 2. The van der Waals surface area contributed by atoms with E-state index in [2.05, 4.69) is 15.8 Å². The van der Waals surface area contributed by atoms with Gasteiger partial charge in [0.15, 0.2) is 0 Å². The van der Waals surface area contributed by atoms with E-state index >= 15 is 0 Å². The number of hydrogen-bond acceptors (Lipinski definition) is 4. The van der Waals surface area contributed by atoms with Crippen LogP contribution in [0.3, 0.4) is 0 Å². The zero-order valence-corrected chi connectivity index (χ0v) is 14.3. The lowest BCUT2D eigenvalue weighted by atomic mass is 10.2. The van der Waals surface area contributed by atoms with Gasteiger partial charge in [0, 0.05) is 11.3 Å². The van der Waals surface area contributed by atoms with Gasteiger partial charge in [-0.2, -0.15) is 5.10 Å². The summed E-state index contributed by atoms with van der Waals surface area (Å²) in [6.45, 7) is 0. The summed E-state index contributed by atoms with van der Waals surface area (Å²) in [7, 11) is 0. The minimum Gasteiger partial charge on any atom is -0.321 e. The van der Waals surface area contributed by atoms with Crippen LogP contribution in [0.25, 0.3) is 0 Å². The van der Waals surface area contributed by atoms with Crippen molar-refractivity contribution < 1.29 is 14.0 Å². The molecule has 0 saturated heterocycles. The fourth-order valence-electron chi connectivity index (χ4n) is 2.11. The molecule has 0 saturated carbocycles. The van der Waals surface area contributed by atoms with Gasteiger partial charge in [0.2, 0.25) is 0 Å². The number of nitrogens with one attached hydrogen (secondary N) is 2. The van der Waals surface area contributed by atoms with Gasteiger partial charge >= 0.3 is 0 Å². The lowest BCUT2D eigenvalue weighted by Crippen LogP contribution is -2.17. The Hall–Kier alpha value is -3.32. The number of amides is 2. The Balaban J connectivity index is 1.56. The molecule has 0 bridgehead atoms. The molecule has 130 valence electrons. The smallest absolute Gasteiger partial charge is 0.271 e. The second-order valence-electron chi connectivity index (χ2n) is 5.26. The number of hydrazone groups is 1. The Kier molecular flexibility index (Phi) is 5.50. The first-order valence-electron chi connectivity index (χ1n) is 7.66. The van der Waals surface area contributed by atoms with E-state index < -0.39 is 11.7 Å². The molecule has 1 aromatic heterocycles. The van der Waals surface area contributed by atoms with Crippen molar-refractivity contribution in [2.24, 2.45) is 5.10 Å². The van der Waals surface area contributed by atoms with Gasteiger partial charge in [-0.05, 0) is 47.3 Å². The summed E-state index contributed by atoms with van der Waals surface area (Å²) in [5, 5.41) is 8.48. The summed E-state index contributed by atoms with van der Waals surface area (Å²) in [6.07, 6.45) is 1.46. The summed E-state index contributed by atoms with van der Waals surface area (Å²) < 4.78 is 13.1. The van der Waals surface area contributed by atoms with Crippen LogP contribution in [0.5, 0.6) is 0 Å². The average molecular weight is 367 g/mol. The van der Waals surface area contributed by atoms with E-state index in [0.29, 0.717) is 10.6 Å². The van der Waals surface area contributed by atoms with Crippen molar-refractivity contribution in [2.75, 3.05) is 5.32 Å². The van der Waals surface area contributed by atoms with Crippen LogP contribution in [0.15, 0.2) is 71.1 Å². The van der Waals surface area contributed by atoms with Crippen LogP contribution in [-0.4, -0.2) is 18.0 Å². The predicted molar refractivity (Wildman–Crippen MR) is 100 cm³/mol. The molecule has 0 radical (unpaired) electrons. The van der Waals surface area contributed by atoms with Crippen molar-refractivity contribution in [3.05, 3.63) is 87.9 Å². The van der Waals surface area contributed by atoms with Gasteiger partial charge in [-0.1, -0.05) is 24.3 Å². The van der Waals surface area contributed by atoms with Gasteiger partial charge in [0.1, 0.15) is 5.82 Å². The molecule has 0 spiro atoms. The highest BCUT2D eigenvalue weighted by molar-refractivity contribution is 7.12. The van der Waals surface area contributed by atoms with E-state index in [1.165, 1.54) is 35.8 Å². The van der Waals surface area contributed by atoms with E-state index in [1.54, 1.807) is 30.3 Å². The lowest BCUT2D eigenvalue weighted by Gasteiger charge is -2.04. The van der Waals surface area contributed by atoms with Gasteiger partial charge in [0.05, 0.1) is 11.1 Å².